The number of hydrogen-bond donors (Lipinski definition) is 2. The summed E-state index contributed by atoms with van der Waals surface area (Å²) < 4.78 is 5.24. The van der Waals surface area contributed by atoms with Crippen LogP contribution in [0.25, 0.3) is 11.4 Å². The average molecular weight is 399 g/mol. The molecular weight excluding hydrogens is 375 g/mol. The fraction of sp³-hybridized carbons (Fsp3) is 0.500. The zero-order chi connectivity index (χ0) is 16.5. The molecule has 0 spiro atoms. The molecule has 2 fully saturated rings. The lowest BCUT2D eigenvalue weighted by atomic mass is 9.67. The van der Waals surface area contributed by atoms with E-state index in [9.17, 15) is 4.79 Å². The highest BCUT2D eigenvalue weighted by Crippen LogP contribution is 2.39. The summed E-state index contributed by atoms with van der Waals surface area (Å²) >= 11 is 0. The minimum atomic E-state index is -0.193. The molecule has 1 amide bonds. The Morgan fingerprint density at radius 3 is 2.54 bits per heavy atom. The zero-order valence-corrected chi connectivity index (χ0v) is 16.0. The third-order valence-corrected chi connectivity index (χ3v) is 5.34. The maximum Gasteiger partial charge on any atom is 0.290 e. The number of pyridine rings is 1. The largest absolute Gasteiger partial charge is 0.350 e. The Balaban J connectivity index is 0.00000121. The third kappa shape index (κ3) is 4.19. The normalized spacial score (nSPS) is 27.0. The minimum absolute atomic E-state index is 0. The second kappa shape index (κ2) is 8.84. The van der Waals surface area contributed by atoms with E-state index >= 15 is 0 Å². The van der Waals surface area contributed by atoms with Crippen molar-refractivity contribution in [3.63, 3.8) is 0 Å². The van der Waals surface area contributed by atoms with Crippen molar-refractivity contribution in [3.8, 4) is 11.4 Å². The highest BCUT2D eigenvalue weighted by molar-refractivity contribution is 5.92. The van der Waals surface area contributed by atoms with Crippen LogP contribution in [0.4, 0.5) is 0 Å². The monoisotopic (exact) mass is 398 g/mol. The molecule has 0 radical (unpaired) electrons. The minimum Gasteiger partial charge on any atom is -0.350 e. The molecule has 8 heteroatoms. The molecule has 2 aliphatic carbocycles. The number of nitrogens with one attached hydrogen (secondary N) is 1. The first kappa shape index (κ1) is 20.7. The van der Waals surface area contributed by atoms with E-state index in [1.807, 2.05) is 18.2 Å². The van der Waals surface area contributed by atoms with Gasteiger partial charge in [-0.1, -0.05) is 17.6 Å². The van der Waals surface area contributed by atoms with Crippen LogP contribution in [-0.4, -0.2) is 28.1 Å². The molecule has 0 saturated heterocycles. The van der Waals surface area contributed by atoms with Gasteiger partial charge in [0.2, 0.25) is 5.76 Å². The summed E-state index contributed by atoms with van der Waals surface area (Å²) in [4.78, 5) is 16.8. The van der Waals surface area contributed by atoms with Crippen LogP contribution in [-0.2, 0) is 0 Å². The van der Waals surface area contributed by atoms with Crippen LogP contribution in [0.3, 0.4) is 0 Å². The summed E-state index contributed by atoms with van der Waals surface area (Å²) in [6.07, 6.45) is 7.21. The van der Waals surface area contributed by atoms with Gasteiger partial charge in [0.1, 0.15) is 5.69 Å². The maximum absolute atomic E-state index is 12.6. The molecule has 2 heterocycles. The number of carbonyl (C=O) groups is 1. The first-order chi connectivity index (χ1) is 11.7. The number of nitrogens with two attached hydrogens (primary N) is 1. The smallest absolute Gasteiger partial charge is 0.290 e. The van der Waals surface area contributed by atoms with E-state index in [1.165, 1.54) is 6.42 Å². The fourth-order valence-electron chi connectivity index (χ4n) is 4.26. The predicted molar refractivity (Wildman–Crippen MR) is 104 cm³/mol. The Kier molecular flexibility index (Phi) is 7.03. The van der Waals surface area contributed by atoms with Gasteiger partial charge in [-0.2, -0.15) is 0 Å². The summed E-state index contributed by atoms with van der Waals surface area (Å²) in [6, 6.07) is 7.69. The standard InChI is InChI=1S/C18H22N4O2.2ClH/c19-13-8-11-4-3-5-12(9-13)17(11)21-18(23)16-10-15(22-24-16)14-6-1-2-7-20-14;;/h1-2,6-7,10-13,17H,3-5,8-9,19H2,(H,21,23);2*1H. The Hall–Kier alpha value is -1.63. The van der Waals surface area contributed by atoms with Gasteiger partial charge in [0.05, 0.1) is 5.69 Å². The molecule has 2 atom stereocenters. The molecule has 2 aromatic rings. The number of amides is 1. The first-order valence-electron chi connectivity index (χ1n) is 8.65. The summed E-state index contributed by atoms with van der Waals surface area (Å²) in [5.41, 5.74) is 7.42. The van der Waals surface area contributed by atoms with Gasteiger partial charge in [-0.05, 0) is 49.7 Å². The van der Waals surface area contributed by atoms with Crippen LogP contribution in [0, 0.1) is 11.8 Å². The van der Waals surface area contributed by atoms with Crippen molar-refractivity contribution in [2.45, 2.75) is 44.2 Å². The number of nitrogens with zero attached hydrogens (tertiary/aromatic N) is 2. The highest BCUT2D eigenvalue weighted by atomic mass is 35.5. The van der Waals surface area contributed by atoms with Gasteiger partial charge < -0.3 is 15.6 Å². The lowest BCUT2D eigenvalue weighted by Crippen LogP contribution is -2.53. The third-order valence-electron chi connectivity index (χ3n) is 5.34. The van der Waals surface area contributed by atoms with Gasteiger partial charge in [0, 0.05) is 24.3 Å². The first-order valence-corrected chi connectivity index (χ1v) is 8.65. The highest BCUT2D eigenvalue weighted by Gasteiger charge is 2.40. The molecule has 2 unspecified atom stereocenters. The van der Waals surface area contributed by atoms with Crippen LogP contribution in [0.5, 0.6) is 0 Å². The lowest BCUT2D eigenvalue weighted by molar-refractivity contribution is 0.0725. The van der Waals surface area contributed by atoms with Gasteiger partial charge in [0.15, 0.2) is 0 Å². The maximum atomic E-state index is 12.6. The van der Waals surface area contributed by atoms with Gasteiger partial charge in [-0.15, -0.1) is 24.8 Å². The molecule has 2 bridgehead atoms. The molecule has 4 rings (SSSR count). The molecule has 0 aliphatic heterocycles. The van der Waals surface area contributed by atoms with Crippen LogP contribution < -0.4 is 11.1 Å². The fourth-order valence-corrected chi connectivity index (χ4v) is 4.26. The molecule has 142 valence electrons. The number of rotatable bonds is 3. The van der Waals surface area contributed by atoms with Crippen LogP contribution in [0.2, 0.25) is 0 Å². The van der Waals surface area contributed by atoms with Crippen molar-refractivity contribution >= 4 is 30.7 Å². The van der Waals surface area contributed by atoms with E-state index in [2.05, 4.69) is 15.5 Å². The van der Waals surface area contributed by atoms with E-state index in [0.717, 1.165) is 25.7 Å². The van der Waals surface area contributed by atoms with Crippen LogP contribution >= 0.6 is 24.8 Å². The number of halogens is 2. The number of carbonyl (C=O) groups excluding carboxylic acids is 1. The van der Waals surface area contributed by atoms with Crippen molar-refractivity contribution in [2.24, 2.45) is 17.6 Å². The topological polar surface area (TPSA) is 94.0 Å². The number of hydrogen-bond acceptors (Lipinski definition) is 5. The average Bonchev–Trinajstić information content (AvgIpc) is 3.07. The molecule has 2 saturated carbocycles. The molecule has 2 aliphatic rings. The molecule has 3 N–H and O–H groups in total. The van der Waals surface area contributed by atoms with Crippen molar-refractivity contribution in [1.29, 1.82) is 0 Å². The quantitative estimate of drug-likeness (QED) is 0.827. The molecular formula is C18H24Cl2N4O2. The molecule has 2 aromatic heterocycles. The summed E-state index contributed by atoms with van der Waals surface area (Å²) in [5.74, 6) is 1.01. The lowest BCUT2D eigenvalue weighted by Gasteiger charge is -2.45. The Bertz CT molecular complexity index is 711. The van der Waals surface area contributed by atoms with E-state index in [1.54, 1.807) is 12.3 Å². The summed E-state index contributed by atoms with van der Waals surface area (Å²) in [7, 11) is 0. The molecule has 0 aromatic carbocycles. The SMILES string of the molecule is Cl.Cl.NC1CC2CCCC(C1)C2NC(=O)c1cc(-c2ccccn2)no1. The summed E-state index contributed by atoms with van der Waals surface area (Å²) in [6.45, 7) is 0. The second-order valence-electron chi connectivity index (χ2n) is 6.97. The number of aromatic nitrogens is 2. The number of fused-ring (bicyclic) bond motifs is 2. The van der Waals surface area contributed by atoms with Gasteiger partial charge in [0.25, 0.3) is 5.91 Å². The zero-order valence-electron chi connectivity index (χ0n) is 14.3. The van der Waals surface area contributed by atoms with Crippen LogP contribution in [0.1, 0.15) is 42.7 Å². The Morgan fingerprint density at radius 2 is 1.88 bits per heavy atom. The Labute approximate surface area is 165 Å². The Morgan fingerprint density at radius 1 is 1.15 bits per heavy atom. The molecule has 26 heavy (non-hydrogen) atoms. The van der Waals surface area contributed by atoms with Crippen molar-refractivity contribution in [2.75, 3.05) is 0 Å². The van der Waals surface area contributed by atoms with Gasteiger partial charge in [-0.25, -0.2) is 0 Å². The van der Waals surface area contributed by atoms with E-state index < -0.39 is 0 Å². The van der Waals surface area contributed by atoms with Crippen molar-refractivity contribution in [3.05, 3.63) is 36.2 Å². The summed E-state index contributed by atoms with van der Waals surface area (Å²) in [5, 5.41) is 7.14. The predicted octanol–water partition coefficient (Wildman–Crippen LogP) is 3.22. The van der Waals surface area contributed by atoms with Crippen LogP contribution in [0.15, 0.2) is 35.0 Å². The van der Waals surface area contributed by atoms with E-state index in [4.69, 9.17) is 10.3 Å². The van der Waals surface area contributed by atoms with Crippen molar-refractivity contribution < 1.29 is 9.32 Å². The van der Waals surface area contributed by atoms with Crippen molar-refractivity contribution in [1.82, 2.24) is 15.5 Å². The van der Waals surface area contributed by atoms with E-state index in [-0.39, 0.29) is 48.6 Å². The van der Waals surface area contributed by atoms with Gasteiger partial charge in [-0.3, -0.25) is 9.78 Å². The molecule has 6 nitrogen and oxygen atoms in total. The van der Waals surface area contributed by atoms with E-state index in [0.29, 0.717) is 23.2 Å². The second-order valence-corrected chi connectivity index (χ2v) is 6.97. The van der Waals surface area contributed by atoms with Gasteiger partial charge >= 0.3 is 0 Å².